The van der Waals surface area contributed by atoms with Gasteiger partial charge in [-0.25, -0.2) is 9.37 Å². The molecule has 1 N–H and O–H groups in total. The van der Waals surface area contributed by atoms with Crippen molar-refractivity contribution in [1.29, 1.82) is 0 Å². The third-order valence-electron chi connectivity index (χ3n) is 4.29. The third kappa shape index (κ3) is 2.96. The lowest BCUT2D eigenvalue weighted by Gasteiger charge is -2.04. The Bertz CT molecular complexity index is 1280. The van der Waals surface area contributed by atoms with E-state index in [0.717, 1.165) is 22.9 Å². The van der Waals surface area contributed by atoms with Crippen LogP contribution in [0.1, 0.15) is 11.1 Å². The molecule has 0 amide bonds. The molecule has 0 radical (unpaired) electrons. The number of phenols is 1. The number of hydrogen-bond acceptors (Lipinski definition) is 5. The summed E-state index contributed by atoms with van der Waals surface area (Å²) in [5.41, 5.74) is 2.98. The Kier molecular flexibility index (Phi) is 4.16. The number of halogens is 1. The van der Waals surface area contributed by atoms with E-state index in [1.165, 1.54) is 28.9 Å². The van der Waals surface area contributed by atoms with Crippen LogP contribution in [0.25, 0.3) is 22.3 Å². The Morgan fingerprint density at radius 1 is 1.30 bits per heavy atom. The number of fused-ring (bicyclic) bond motifs is 1. The van der Waals surface area contributed by atoms with Crippen LogP contribution in [-0.2, 0) is 0 Å². The van der Waals surface area contributed by atoms with Crippen molar-refractivity contribution in [2.45, 2.75) is 6.92 Å². The zero-order chi connectivity index (χ0) is 19.1. The molecule has 2 aromatic carbocycles. The van der Waals surface area contributed by atoms with Crippen molar-refractivity contribution in [3.8, 4) is 22.8 Å². The highest BCUT2D eigenvalue weighted by Crippen LogP contribution is 2.30. The van der Waals surface area contributed by atoms with Crippen LogP contribution in [0.5, 0.6) is 11.5 Å². The predicted molar refractivity (Wildman–Crippen MR) is 103 cm³/mol. The maximum absolute atomic E-state index is 13.8. The molecule has 4 aromatic rings. The number of aryl methyl sites for hydroxylation is 1. The molecular formula is C20H15FN2O3S. The summed E-state index contributed by atoms with van der Waals surface area (Å²) in [7, 11) is 1.34. The Morgan fingerprint density at radius 3 is 2.78 bits per heavy atom. The molecule has 0 atom stereocenters. The van der Waals surface area contributed by atoms with Crippen molar-refractivity contribution in [2.75, 3.05) is 7.11 Å². The van der Waals surface area contributed by atoms with E-state index >= 15 is 0 Å². The molecule has 27 heavy (non-hydrogen) atoms. The lowest BCUT2D eigenvalue weighted by atomic mass is 10.1. The second-order valence-corrected chi connectivity index (χ2v) is 7.07. The van der Waals surface area contributed by atoms with Gasteiger partial charge in [-0.05, 0) is 36.3 Å². The van der Waals surface area contributed by atoms with Gasteiger partial charge in [-0.2, -0.15) is 0 Å². The predicted octanol–water partition coefficient (Wildman–Crippen LogP) is 3.13. The number of methoxy groups -OCH3 is 1. The van der Waals surface area contributed by atoms with E-state index in [2.05, 4.69) is 4.98 Å². The van der Waals surface area contributed by atoms with Gasteiger partial charge in [0.1, 0.15) is 0 Å². The normalized spacial score (nSPS) is 12.0. The van der Waals surface area contributed by atoms with E-state index in [9.17, 15) is 14.3 Å². The van der Waals surface area contributed by atoms with Crippen molar-refractivity contribution in [1.82, 2.24) is 9.38 Å². The first kappa shape index (κ1) is 17.2. The molecule has 0 saturated carbocycles. The highest BCUT2D eigenvalue weighted by Gasteiger charge is 2.13. The fourth-order valence-electron chi connectivity index (χ4n) is 2.91. The second-order valence-electron chi connectivity index (χ2n) is 6.06. The van der Waals surface area contributed by atoms with E-state index in [0.29, 0.717) is 15.1 Å². The Labute approximate surface area is 157 Å². The number of ether oxygens (including phenoxy) is 1. The summed E-state index contributed by atoms with van der Waals surface area (Å²) in [5.74, 6) is -1.35. The summed E-state index contributed by atoms with van der Waals surface area (Å²) < 4.78 is 20.7. The average molecular weight is 382 g/mol. The summed E-state index contributed by atoms with van der Waals surface area (Å²) in [6.45, 7) is 1.99. The molecule has 0 spiro atoms. The topological polar surface area (TPSA) is 63.8 Å². The van der Waals surface area contributed by atoms with Crippen molar-refractivity contribution in [2.24, 2.45) is 0 Å². The van der Waals surface area contributed by atoms with Gasteiger partial charge < -0.3 is 9.84 Å². The van der Waals surface area contributed by atoms with E-state index in [1.54, 1.807) is 12.3 Å². The van der Waals surface area contributed by atoms with Gasteiger partial charge in [-0.15, -0.1) is 0 Å². The number of nitrogens with zero attached hydrogens (tertiary/aromatic N) is 2. The Hall–Kier alpha value is -3.19. The third-order valence-corrected chi connectivity index (χ3v) is 5.28. The Balaban J connectivity index is 1.83. The molecule has 0 bridgehead atoms. The molecule has 7 heteroatoms. The molecule has 2 heterocycles. The summed E-state index contributed by atoms with van der Waals surface area (Å²) in [6, 6.07) is 10.5. The molecule has 5 nitrogen and oxygen atoms in total. The smallest absolute Gasteiger partial charge is 0.274 e. The molecule has 0 unspecified atom stereocenters. The van der Waals surface area contributed by atoms with E-state index in [1.807, 2.05) is 31.2 Å². The molecular weight excluding hydrogens is 367 g/mol. The first-order valence-electron chi connectivity index (χ1n) is 8.14. The average Bonchev–Trinajstić information content (AvgIpc) is 3.18. The number of aromatic nitrogens is 2. The van der Waals surface area contributed by atoms with Crippen molar-refractivity contribution in [3.05, 3.63) is 74.4 Å². The van der Waals surface area contributed by atoms with Gasteiger partial charge in [0.25, 0.3) is 5.56 Å². The van der Waals surface area contributed by atoms with Crippen LogP contribution in [0.3, 0.4) is 0 Å². The lowest BCUT2D eigenvalue weighted by molar-refractivity contribution is 0.357. The van der Waals surface area contributed by atoms with E-state index in [4.69, 9.17) is 4.74 Å². The first-order chi connectivity index (χ1) is 13.0. The summed E-state index contributed by atoms with van der Waals surface area (Å²) in [5, 5.41) is 9.60. The van der Waals surface area contributed by atoms with Gasteiger partial charge >= 0.3 is 0 Å². The maximum atomic E-state index is 13.8. The SMILES string of the molecule is COc1cc(C=c2sc3nc(-c4ccccc4C)cn3c2=O)cc(F)c1O. The van der Waals surface area contributed by atoms with Crippen LogP contribution < -0.4 is 14.8 Å². The van der Waals surface area contributed by atoms with Crippen LogP contribution in [-0.4, -0.2) is 21.6 Å². The monoisotopic (exact) mass is 382 g/mol. The van der Waals surface area contributed by atoms with Gasteiger partial charge in [0.15, 0.2) is 22.3 Å². The minimum atomic E-state index is -0.809. The molecule has 2 aromatic heterocycles. The summed E-state index contributed by atoms with van der Waals surface area (Å²) in [4.78, 5) is 17.8. The quantitative estimate of drug-likeness (QED) is 0.591. The number of phenolic OH excluding ortho intramolecular Hbond substituents is 1. The molecule has 136 valence electrons. The van der Waals surface area contributed by atoms with E-state index < -0.39 is 11.6 Å². The first-order valence-corrected chi connectivity index (χ1v) is 8.95. The van der Waals surface area contributed by atoms with Gasteiger partial charge in [0, 0.05) is 11.8 Å². The molecule has 0 aliphatic carbocycles. The second kappa shape index (κ2) is 6.51. The number of hydrogen-bond donors (Lipinski definition) is 1. The standard InChI is InChI=1S/C20H15FN2O3S/c1-11-5-3-4-6-13(11)15-10-23-19(25)17(27-20(23)22-15)9-12-7-14(21)18(24)16(8-12)26-2/h3-10,24H,1-2H3. The van der Waals surface area contributed by atoms with Crippen LogP contribution in [0, 0.1) is 12.7 Å². The van der Waals surface area contributed by atoms with Crippen molar-refractivity contribution in [3.63, 3.8) is 0 Å². The summed E-state index contributed by atoms with van der Waals surface area (Å²) >= 11 is 1.22. The van der Waals surface area contributed by atoms with Crippen molar-refractivity contribution >= 4 is 22.4 Å². The van der Waals surface area contributed by atoms with Gasteiger partial charge in [-0.3, -0.25) is 9.20 Å². The minimum Gasteiger partial charge on any atom is -0.502 e. The molecule has 0 fully saturated rings. The Morgan fingerprint density at radius 2 is 2.07 bits per heavy atom. The maximum Gasteiger partial charge on any atom is 0.274 e. The highest BCUT2D eigenvalue weighted by molar-refractivity contribution is 7.15. The van der Waals surface area contributed by atoms with Gasteiger partial charge in [-0.1, -0.05) is 35.6 Å². The van der Waals surface area contributed by atoms with Gasteiger partial charge in [0.05, 0.1) is 17.3 Å². The molecule has 4 rings (SSSR count). The fraction of sp³-hybridized carbons (Fsp3) is 0.100. The highest BCUT2D eigenvalue weighted by atomic mass is 32.1. The van der Waals surface area contributed by atoms with Crippen LogP contribution in [0.4, 0.5) is 4.39 Å². The van der Waals surface area contributed by atoms with Crippen LogP contribution >= 0.6 is 11.3 Å². The number of rotatable bonds is 3. The fourth-order valence-corrected chi connectivity index (χ4v) is 3.86. The van der Waals surface area contributed by atoms with E-state index in [-0.39, 0.29) is 11.3 Å². The molecule has 0 aliphatic heterocycles. The lowest BCUT2D eigenvalue weighted by Crippen LogP contribution is -2.22. The van der Waals surface area contributed by atoms with Gasteiger partial charge in [0.2, 0.25) is 0 Å². The number of aromatic hydroxyl groups is 1. The number of thiazole rings is 1. The summed E-state index contributed by atoms with van der Waals surface area (Å²) in [6.07, 6.45) is 3.27. The number of benzene rings is 2. The minimum absolute atomic E-state index is 0.0110. The largest absolute Gasteiger partial charge is 0.502 e. The zero-order valence-corrected chi connectivity index (χ0v) is 15.4. The van der Waals surface area contributed by atoms with Crippen LogP contribution in [0.2, 0.25) is 0 Å². The molecule has 0 aliphatic rings. The van der Waals surface area contributed by atoms with Crippen LogP contribution in [0.15, 0.2) is 47.4 Å². The zero-order valence-electron chi connectivity index (χ0n) is 14.6. The van der Waals surface area contributed by atoms with Crippen molar-refractivity contribution < 1.29 is 14.2 Å². The molecule has 0 saturated heterocycles. The number of imidazole rings is 1.